The van der Waals surface area contributed by atoms with E-state index in [1.807, 2.05) is 20.8 Å². The minimum Gasteiger partial charge on any atom is -0.353 e. The van der Waals surface area contributed by atoms with E-state index in [4.69, 9.17) is 0 Å². The van der Waals surface area contributed by atoms with Crippen molar-refractivity contribution in [2.75, 3.05) is 6.54 Å². The highest BCUT2D eigenvalue weighted by atomic mass is 19.1. The predicted octanol–water partition coefficient (Wildman–Crippen LogP) is 1.65. The maximum atomic E-state index is 13.1. The summed E-state index contributed by atoms with van der Waals surface area (Å²) in [6.45, 7) is 6.55. The van der Waals surface area contributed by atoms with Crippen LogP contribution in [0, 0.1) is 5.41 Å². The van der Waals surface area contributed by atoms with Crippen molar-refractivity contribution in [3.8, 4) is 0 Å². The number of hydrogen-bond acceptors (Lipinski definition) is 1. The van der Waals surface area contributed by atoms with Gasteiger partial charge in [-0.15, -0.1) is 0 Å². The minimum atomic E-state index is -1.52. The Kier molecular flexibility index (Phi) is 2.15. The summed E-state index contributed by atoms with van der Waals surface area (Å²) in [6.07, 6.45) is 0.784. The Balaban J connectivity index is 2.29. The third-order valence-corrected chi connectivity index (χ3v) is 1.88. The maximum Gasteiger partial charge on any atom is 0.257 e. The largest absolute Gasteiger partial charge is 0.353 e. The molecule has 1 fully saturated rings. The van der Waals surface area contributed by atoms with E-state index in [2.05, 4.69) is 5.32 Å². The summed E-state index contributed by atoms with van der Waals surface area (Å²) >= 11 is 0. The SMILES string of the molecule is CC(C)(C)CNC(=O)C1(F)CC1. The zero-order valence-electron chi connectivity index (χ0n) is 7.91. The van der Waals surface area contributed by atoms with Crippen molar-refractivity contribution in [2.24, 2.45) is 5.41 Å². The van der Waals surface area contributed by atoms with Crippen molar-refractivity contribution in [3.05, 3.63) is 0 Å². The van der Waals surface area contributed by atoms with Crippen LogP contribution in [0.2, 0.25) is 0 Å². The van der Waals surface area contributed by atoms with Gasteiger partial charge in [-0.25, -0.2) is 4.39 Å². The van der Waals surface area contributed by atoms with E-state index in [9.17, 15) is 9.18 Å². The Hall–Kier alpha value is -0.600. The molecule has 0 atom stereocenters. The fraction of sp³-hybridized carbons (Fsp3) is 0.889. The number of amides is 1. The van der Waals surface area contributed by atoms with Crippen LogP contribution in [0.25, 0.3) is 0 Å². The zero-order valence-corrected chi connectivity index (χ0v) is 7.91. The third-order valence-electron chi connectivity index (χ3n) is 1.88. The average Bonchev–Trinajstić information content (AvgIpc) is 2.62. The molecule has 0 saturated heterocycles. The fourth-order valence-electron chi connectivity index (χ4n) is 0.841. The van der Waals surface area contributed by atoms with Gasteiger partial charge >= 0.3 is 0 Å². The number of halogens is 1. The number of rotatable bonds is 2. The van der Waals surface area contributed by atoms with Crippen molar-refractivity contribution in [2.45, 2.75) is 39.3 Å². The summed E-state index contributed by atoms with van der Waals surface area (Å²) in [4.78, 5) is 11.1. The van der Waals surface area contributed by atoms with Crippen LogP contribution in [0.1, 0.15) is 33.6 Å². The summed E-state index contributed by atoms with van der Waals surface area (Å²) < 4.78 is 13.1. The van der Waals surface area contributed by atoms with Gasteiger partial charge in [-0.1, -0.05) is 20.8 Å². The lowest BCUT2D eigenvalue weighted by molar-refractivity contribution is -0.127. The van der Waals surface area contributed by atoms with Crippen LogP contribution >= 0.6 is 0 Å². The van der Waals surface area contributed by atoms with E-state index < -0.39 is 11.6 Å². The smallest absolute Gasteiger partial charge is 0.257 e. The van der Waals surface area contributed by atoms with Gasteiger partial charge in [-0.3, -0.25) is 4.79 Å². The Morgan fingerprint density at radius 3 is 2.33 bits per heavy atom. The highest BCUT2D eigenvalue weighted by Gasteiger charge is 2.50. The molecule has 1 saturated carbocycles. The van der Waals surface area contributed by atoms with Crippen LogP contribution < -0.4 is 5.32 Å². The third kappa shape index (κ3) is 2.47. The lowest BCUT2D eigenvalue weighted by Gasteiger charge is -2.19. The normalized spacial score (nSPS) is 20.3. The second kappa shape index (κ2) is 2.71. The topological polar surface area (TPSA) is 29.1 Å². The molecule has 0 unspecified atom stereocenters. The Labute approximate surface area is 72.5 Å². The lowest BCUT2D eigenvalue weighted by atomic mass is 9.97. The molecule has 0 aliphatic heterocycles. The van der Waals surface area contributed by atoms with E-state index in [0.29, 0.717) is 19.4 Å². The molecule has 1 aliphatic rings. The van der Waals surface area contributed by atoms with E-state index in [-0.39, 0.29) is 5.41 Å². The van der Waals surface area contributed by atoms with Crippen LogP contribution in [0.5, 0.6) is 0 Å². The number of carbonyl (C=O) groups is 1. The summed E-state index contributed by atoms with van der Waals surface area (Å²) in [5, 5.41) is 2.61. The van der Waals surface area contributed by atoms with Crippen LogP contribution in [0.3, 0.4) is 0 Å². The van der Waals surface area contributed by atoms with Gasteiger partial charge in [0.05, 0.1) is 0 Å². The summed E-state index contributed by atoms with van der Waals surface area (Å²) in [6, 6.07) is 0. The van der Waals surface area contributed by atoms with Gasteiger partial charge in [-0.05, 0) is 18.3 Å². The molecular weight excluding hydrogens is 157 g/mol. The molecule has 3 heteroatoms. The van der Waals surface area contributed by atoms with Gasteiger partial charge in [0.25, 0.3) is 5.91 Å². The lowest BCUT2D eigenvalue weighted by Crippen LogP contribution is -2.38. The minimum absolute atomic E-state index is 0.0287. The standard InChI is InChI=1S/C9H16FNO/c1-8(2,3)6-11-7(12)9(10)4-5-9/h4-6H2,1-3H3,(H,11,12). The first-order valence-electron chi connectivity index (χ1n) is 4.31. The van der Waals surface area contributed by atoms with Gasteiger partial charge in [0.2, 0.25) is 0 Å². The number of nitrogens with one attached hydrogen (secondary N) is 1. The van der Waals surface area contributed by atoms with E-state index in [0.717, 1.165) is 0 Å². The average molecular weight is 173 g/mol. The molecule has 0 aromatic carbocycles. The second-order valence-electron chi connectivity index (χ2n) is 4.71. The molecular formula is C9H16FNO. The van der Waals surface area contributed by atoms with E-state index >= 15 is 0 Å². The molecule has 0 aromatic heterocycles. The Bertz CT molecular complexity index is 191. The van der Waals surface area contributed by atoms with Crippen molar-refractivity contribution >= 4 is 5.91 Å². The maximum absolute atomic E-state index is 13.1. The molecule has 0 aromatic rings. The predicted molar refractivity (Wildman–Crippen MR) is 45.5 cm³/mol. The Morgan fingerprint density at radius 2 is 2.00 bits per heavy atom. The van der Waals surface area contributed by atoms with Crippen molar-refractivity contribution in [3.63, 3.8) is 0 Å². The van der Waals surface area contributed by atoms with Gasteiger partial charge in [0.15, 0.2) is 5.67 Å². The fourth-order valence-corrected chi connectivity index (χ4v) is 0.841. The van der Waals surface area contributed by atoms with Crippen LogP contribution in [0.4, 0.5) is 4.39 Å². The van der Waals surface area contributed by atoms with Gasteiger partial charge in [-0.2, -0.15) is 0 Å². The van der Waals surface area contributed by atoms with Crippen molar-refractivity contribution in [1.29, 1.82) is 0 Å². The molecule has 1 aliphatic carbocycles. The molecule has 0 bridgehead atoms. The first kappa shape index (κ1) is 9.49. The number of alkyl halides is 1. The molecule has 0 heterocycles. The molecule has 2 nitrogen and oxygen atoms in total. The van der Waals surface area contributed by atoms with Gasteiger partial charge in [0.1, 0.15) is 0 Å². The number of carbonyl (C=O) groups excluding carboxylic acids is 1. The molecule has 1 amide bonds. The zero-order chi connectivity index (χ0) is 9.41. The molecule has 0 radical (unpaired) electrons. The number of hydrogen-bond donors (Lipinski definition) is 1. The van der Waals surface area contributed by atoms with Crippen molar-refractivity contribution in [1.82, 2.24) is 5.32 Å². The van der Waals surface area contributed by atoms with Crippen molar-refractivity contribution < 1.29 is 9.18 Å². The monoisotopic (exact) mass is 173 g/mol. The van der Waals surface area contributed by atoms with Crippen LogP contribution in [-0.2, 0) is 4.79 Å². The van der Waals surface area contributed by atoms with Gasteiger partial charge < -0.3 is 5.32 Å². The quantitative estimate of drug-likeness (QED) is 0.676. The van der Waals surface area contributed by atoms with E-state index in [1.165, 1.54) is 0 Å². The summed E-state index contributed by atoms with van der Waals surface area (Å²) in [7, 11) is 0. The molecule has 1 rings (SSSR count). The first-order chi connectivity index (χ1) is 5.33. The summed E-state index contributed by atoms with van der Waals surface area (Å²) in [5.41, 5.74) is -1.49. The molecule has 0 spiro atoms. The molecule has 12 heavy (non-hydrogen) atoms. The molecule has 1 N–H and O–H groups in total. The van der Waals surface area contributed by atoms with E-state index in [1.54, 1.807) is 0 Å². The van der Waals surface area contributed by atoms with Crippen LogP contribution in [0.15, 0.2) is 0 Å². The van der Waals surface area contributed by atoms with Gasteiger partial charge in [0, 0.05) is 6.54 Å². The highest BCUT2D eigenvalue weighted by molar-refractivity contribution is 5.87. The second-order valence-corrected chi connectivity index (χ2v) is 4.71. The highest BCUT2D eigenvalue weighted by Crippen LogP contribution is 2.39. The van der Waals surface area contributed by atoms with Crippen LogP contribution in [-0.4, -0.2) is 18.1 Å². The summed E-state index contributed by atoms with van der Waals surface area (Å²) in [5.74, 6) is -0.433. The first-order valence-corrected chi connectivity index (χ1v) is 4.31. The Morgan fingerprint density at radius 1 is 1.50 bits per heavy atom. The molecule has 70 valence electrons.